The molecule has 190 valence electrons. The third-order valence-electron chi connectivity index (χ3n) is 4.68. The van der Waals surface area contributed by atoms with E-state index in [4.69, 9.17) is 9.47 Å². The first-order valence-corrected chi connectivity index (χ1v) is 10.9. The molecule has 0 aliphatic carbocycles. The van der Waals surface area contributed by atoms with Crippen LogP contribution in [0.3, 0.4) is 0 Å². The van der Waals surface area contributed by atoms with Gasteiger partial charge in [-0.2, -0.15) is 5.10 Å². The summed E-state index contributed by atoms with van der Waals surface area (Å²) in [6.45, 7) is 1.62. The van der Waals surface area contributed by atoms with E-state index in [1.54, 1.807) is 13.0 Å². The van der Waals surface area contributed by atoms with E-state index < -0.39 is 28.5 Å². The number of nitrogens with zero attached hydrogens (tertiary/aromatic N) is 2. The maximum absolute atomic E-state index is 13.2. The van der Waals surface area contributed by atoms with Gasteiger partial charge in [-0.05, 0) is 61.0 Å². The quantitative estimate of drug-likeness (QED) is 0.140. The number of halogens is 1. The standard InChI is InChI=1S/C25H21FN4O7/c1-2-36-22-12-16(6-11-21(22)37-25(33)17-7-9-20(10-8-17)30(34)35)14-28-29-23(31)15-27-24(32)18-4-3-5-19(26)13-18/h3-14H,2,15H2,1H3,(H,27,32)(H,29,31)/b28-14-. The Hall–Kier alpha value is -5.13. The third-order valence-corrected chi connectivity index (χ3v) is 4.68. The van der Waals surface area contributed by atoms with Gasteiger partial charge in [-0.3, -0.25) is 19.7 Å². The van der Waals surface area contributed by atoms with Crippen LogP contribution in [0.5, 0.6) is 11.5 Å². The van der Waals surface area contributed by atoms with Crippen LogP contribution in [0, 0.1) is 15.9 Å². The molecule has 37 heavy (non-hydrogen) atoms. The smallest absolute Gasteiger partial charge is 0.343 e. The van der Waals surface area contributed by atoms with E-state index in [0.717, 1.165) is 6.07 Å². The highest BCUT2D eigenvalue weighted by Crippen LogP contribution is 2.29. The Morgan fingerprint density at radius 3 is 2.46 bits per heavy atom. The molecule has 0 bridgehead atoms. The average Bonchev–Trinajstić information content (AvgIpc) is 2.88. The van der Waals surface area contributed by atoms with Crippen LogP contribution >= 0.6 is 0 Å². The van der Waals surface area contributed by atoms with Crippen LogP contribution in [0.2, 0.25) is 0 Å². The Morgan fingerprint density at radius 1 is 1.03 bits per heavy atom. The second-order valence-electron chi connectivity index (χ2n) is 7.32. The molecule has 11 nitrogen and oxygen atoms in total. The minimum absolute atomic E-state index is 0.0779. The summed E-state index contributed by atoms with van der Waals surface area (Å²) in [4.78, 5) is 46.5. The van der Waals surface area contributed by atoms with Crippen molar-refractivity contribution in [2.24, 2.45) is 5.10 Å². The lowest BCUT2D eigenvalue weighted by Gasteiger charge is -2.11. The summed E-state index contributed by atoms with van der Waals surface area (Å²) in [5.74, 6) is -2.18. The molecule has 0 aromatic heterocycles. The van der Waals surface area contributed by atoms with Gasteiger partial charge in [-0.25, -0.2) is 14.6 Å². The molecule has 0 aliphatic rings. The van der Waals surface area contributed by atoms with Crippen molar-refractivity contribution < 1.29 is 33.2 Å². The lowest BCUT2D eigenvalue weighted by Crippen LogP contribution is -2.34. The fourth-order valence-electron chi connectivity index (χ4n) is 2.95. The van der Waals surface area contributed by atoms with Crippen LogP contribution in [0.15, 0.2) is 71.8 Å². The van der Waals surface area contributed by atoms with E-state index in [-0.39, 0.29) is 41.5 Å². The number of benzene rings is 3. The zero-order valence-corrected chi connectivity index (χ0v) is 19.5. The molecule has 0 unspecified atom stereocenters. The van der Waals surface area contributed by atoms with Gasteiger partial charge in [-0.15, -0.1) is 0 Å². The second kappa shape index (κ2) is 12.5. The molecule has 0 atom stereocenters. The summed E-state index contributed by atoms with van der Waals surface area (Å²) < 4.78 is 24.1. The summed E-state index contributed by atoms with van der Waals surface area (Å²) in [5.41, 5.74) is 2.79. The number of carbonyl (C=O) groups is 3. The highest BCUT2D eigenvalue weighted by molar-refractivity contribution is 5.96. The molecular formula is C25H21FN4O7. The van der Waals surface area contributed by atoms with Crippen LogP contribution in [0.25, 0.3) is 0 Å². The van der Waals surface area contributed by atoms with Crippen molar-refractivity contribution in [3.63, 3.8) is 0 Å². The van der Waals surface area contributed by atoms with Crippen molar-refractivity contribution in [2.45, 2.75) is 6.92 Å². The molecule has 12 heteroatoms. The highest BCUT2D eigenvalue weighted by Gasteiger charge is 2.15. The summed E-state index contributed by atoms with van der Waals surface area (Å²) in [5, 5.41) is 16.9. The first-order chi connectivity index (χ1) is 17.8. The van der Waals surface area contributed by atoms with E-state index in [1.807, 2.05) is 0 Å². The molecule has 0 saturated heterocycles. The van der Waals surface area contributed by atoms with Gasteiger partial charge in [0, 0.05) is 17.7 Å². The normalized spacial score (nSPS) is 10.5. The number of ether oxygens (including phenoxy) is 2. The minimum Gasteiger partial charge on any atom is -0.490 e. The van der Waals surface area contributed by atoms with Gasteiger partial charge < -0.3 is 14.8 Å². The largest absolute Gasteiger partial charge is 0.490 e. The maximum atomic E-state index is 13.2. The van der Waals surface area contributed by atoms with E-state index in [2.05, 4.69) is 15.8 Å². The number of nitro benzene ring substituents is 1. The van der Waals surface area contributed by atoms with E-state index >= 15 is 0 Å². The summed E-state index contributed by atoms with van der Waals surface area (Å²) in [6, 6.07) is 14.6. The Balaban J connectivity index is 1.58. The fraction of sp³-hybridized carbons (Fsp3) is 0.120. The van der Waals surface area contributed by atoms with Gasteiger partial charge in [0.25, 0.3) is 17.5 Å². The zero-order chi connectivity index (χ0) is 26.8. The fourth-order valence-corrected chi connectivity index (χ4v) is 2.95. The zero-order valence-electron chi connectivity index (χ0n) is 19.5. The number of nitro groups is 1. The van der Waals surface area contributed by atoms with Crippen LogP contribution in [-0.4, -0.2) is 42.1 Å². The van der Waals surface area contributed by atoms with Gasteiger partial charge in [0.15, 0.2) is 11.5 Å². The molecule has 3 rings (SSSR count). The monoisotopic (exact) mass is 508 g/mol. The summed E-state index contributed by atoms with van der Waals surface area (Å²) >= 11 is 0. The van der Waals surface area contributed by atoms with Gasteiger partial charge in [-0.1, -0.05) is 6.07 Å². The number of hydrazone groups is 1. The van der Waals surface area contributed by atoms with Crippen LogP contribution in [0.4, 0.5) is 10.1 Å². The predicted molar refractivity (Wildman–Crippen MR) is 130 cm³/mol. The number of rotatable bonds is 10. The Bertz CT molecular complexity index is 1340. The Morgan fingerprint density at radius 2 is 1.78 bits per heavy atom. The summed E-state index contributed by atoms with van der Waals surface area (Å²) in [6.07, 6.45) is 1.32. The molecule has 3 aromatic carbocycles. The summed E-state index contributed by atoms with van der Waals surface area (Å²) in [7, 11) is 0. The Kier molecular flexibility index (Phi) is 8.97. The number of carbonyl (C=O) groups excluding carboxylic acids is 3. The molecule has 0 saturated carbocycles. The number of non-ortho nitro benzene ring substituents is 1. The molecule has 3 aromatic rings. The van der Waals surface area contributed by atoms with E-state index in [0.29, 0.717) is 5.56 Å². The molecular weight excluding hydrogens is 487 g/mol. The molecule has 0 spiro atoms. The van der Waals surface area contributed by atoms with Gasteiger partial charge in [0.05, 0.1) is 29.9 Å². The number of hydrogen-bond acceptors (Lipinski definition) is 8. The Labute approximate surface area is 210 Å². The number of amides is 2. The van der Waals surface area contributed by atoms with Gasteiger partial charge in [0.1, 0.15) is 5.82 Å². The van der Waals surface area contributed by atoms with E-state index in [1.165, 1.54) is 60.8 Å². The van der Waals surface area contributed by atoms with E-state index in [9.17, 15) is 28.9 Å². The van der Waals surface area contributed by atoms with Crippen molar-refractivity contribution in [2.75, 3.05) is 13.2 Å². The SMILES string of the molecule is CCOc1cc(/C=N\NC(=O)CNC(=O)c2cccc(F)c2)ccc1OC(=O)c1ccc([N+](=O)[O-])cc1. The first kappa shape index (κ1) is 26.5. The van der Waals surface area contributed by atoms with Crippen molar-refractivity contribution >= 4 is 29.7 Å². The number of nitrogens with one attached hydrogen (secondary N) is 2. The number of esters is 1. The molecule has 0 aliphatic heterocycles. The van der Waals surface area contributed by atoms with Crippen LogP contribution in [0.1, 0.15) is 33.2 Å². The average molecular weight is 508 g/mol. The lowest BCUT2D eigenvalue weighted by molar-refractivity contribution is -0.384. The van der Waals surface area contributed by atoms with Crippen molar-refractivity contribution in [3.05, 3.63) is 99.4 Å². The number of hydrogen-bond donors (Lipinski definition) is 2. The molecule has 2 amide bonds. The molecule has 0 radical (unpaired) electrons. The highest BCUT2D eigenvalue weighted by atomic mass is 19.1. The lowest BCUT2D eigenvalue weighted by atomic mass is 10.2. The van der Waals surface area contributed by atoms with Gasteiger partial charge >= 0.3 is 5.97 Å². The topological polar surface area (TPSA) is 149 Å². The molecule has 0 heterocycles. The van der Waals surface area contributed by atoms with Crippen molar-refractivity contribution in [3.8, 4) is 11.5 Å². The molecule has 0 fully saturated rings. The molecule has 2 N–H and O–H groups in total. The van der Waals surface area contributed by atoms with Crippen molar-refractivity contribution in [1.29, 1.82) is 0 Å². The third kappa shape index (κ3) is 7.68. The predicted octanol–water partition coefficient (Wildman–Crippen LogP) is 3.23. The van der Waals surface area contributed by atoms with Crippen LogP contribution in [-0.2, 0) is 4.79 Å². The minimum atomic E-state index is -0.732. The second-order valence-corrected chi connectivity index (χ2v) is 7.32. The maximum Gasteiger partial charge on any atom is 0.343 e. The van der Waals surface area contributed by atoms with Crippen LogP contribution < -0.4 is 20.2 Å². The van der Waals surface area contributed by atoms with Gasteiger partial charge in [0.2, 0.25) is 0 Å². The first-order valence-electron chi connectivity index (χ1n) is 10.9. The van der Waals surface area contributed by atoms with Crippen molar-refractivity contribution in [1.82, 2.24) is 10.7 Å².